The smallest absolute Gasteiger partial charge is 0.260 e. The molecule has 9 heteroatoms. The number of rotatable bonds is 7. The number of hydrogen-bond donors (Lipinski definition) is 2. The molecule has 1 saturated heterocycles. The Morgan fingerprint density at radius 2 is 2.08 bits per heavy atom. The number of benzene rings is 1. The molecule has 1 fully saturated rings. The fourth-order valence-corrected chi connectivity index (χ4v) is 3.14. The van der Waals surface area contributed by atoms with Crippen molar-refractivity contribution in [2.45, 2.75) is 31.7 Å². The van der Waals surface area contributed by atoms with Gasteiger partial charge in [0.2, 0.25) is 5.91 Å². The summed E-state index contributed by atoms with van der Waals surface area (Å²) in [4.78, 5) is 25.9. The largest absolute Gasteiger partial charge is 0.482 e. The van der Waals surface area contributed by atoms with Crippen LogP contribution in [0.3, 0.4) is 0 Å². The Morgan fingerprint density at radius 3 is 2.81 bits per heavy atom. The topological polar surface area (TPSA) is 84.7 Å². The number of likely N-dealkylation sites (tertiary alicyclic amines) is 1. The molecule has 0 saturated carbocycles. The van der Waals surface area contributed by atoms with Gasteiger partial charge in [-0.3, -0.25) is 9.59 Å². The maximum Gasteiger partial charge on any atom is 0.260 e. The van der Waals surface area contributed by atoms with Gasteiger partial charge in [0.25, 0.3) is 5.91 Å². The number of amides is 2. The van der Waals surface area contributed by atoms with Gasteiger partial charge in [0.15, 0.2) is 6.61 Å². The number of nitrogens with two attached hydrogens (primary N) is 1. The zero-order chi connectivity index (χ0) is 18.2. The van der Waals surface area contributed by atoms with E-state index < -0.39 is 0 Å². The van der Waals surface area contributed by atoms with E-state index in [1.54, 1.807) is 23.1 Å². The van der Waals surface area contributed by atoms with Crippen molar-refractivity contribution in [3.63, 3.8) is 0 Å². The molecule has 1 atom stereocenters. The second-order valence-corrected chi connectivity index (χ2v) is 6.79. The SMILES string of the molecule is Cl.NCCC(=O)NCC1CCCCN1C(=O)COc1cc(Cl)ccc1Cl. The molecule has 0 aliphatic carbocycles. The lowest BCUT2D eigenvalue weighted by molar-refractivity contribution is -0.137. The van der Waals surface area contributed by atoms with Gasteiger partial charge in [0, 0.05) is 43.2 Å². The van der Waals surface area contributed by atoms with Crippen molar-refractivity contribution in [2.24, 2.45) is 5.73 Å². The van der Waals surface area contributed by atoms with Crippen molar-refractivity contribution in [1.82, 2.24) is 10.2 Å². The fraction of sp³-hybridized carbons (Fsp3) is 0.529. The van der Waals surface area contributed by atoms with Gasteiger partial charge < -0.3 is 20.7 Å². The molecular formula is C17H24Cl3N3O3. The summed E-state index contributed by atoms with van der Waals surface area (Å²) in [7, 11) is 0. The van der Waals surface area contributed by atoms with Crippen molar-refractivity contribution >= 4 is 47.4 Å². The third-order valence-electron chi connectivity index (χ3n) is 4.10. The van der Waals surface area contributed by atoms with Crippen LogP contribution in [0.2, 0.25) is 10.0 Å². The van der Waals surface area contributed by atoms with E-state index >= 15 is 0 Å². The maximum absolute atomic E-state index is 12.5. The first-order chi connectivity index (χ1) is 12.0. The van der Waals surface area contributed by atoms with E-state index in [1.165, 1.54) is 0 Å². The Hall–Kier alpha value is -1.21. The zero-order valence-corrected chi connectivity index (χ0v) is 16.7. The van der Waals surface area contributed by atoms with E-state index in [4.69, 9.17) is 33.7 Å². The number of carbonyl (C=O) groups excluding carboxylic acids is 2. The minimum absolute atomic E-state index is 0. The number of nitrogens with zero attached hydrogens (tertiary/aromatic N) is 1. The predicted octanol–water partition coefficient (Wildman–Crippen LogP) is 2.64. The lowest BCUT2D eigenvalue weighted by atomic mass is 10.0. The molecular weight excluding hydrogens is 401 g/mol. The number of piperidine rings is 1. The Morgan fingerprint density at radius 1 is 1.31 bits per heavy atom. The normalized spacial score (nSPS) is 16.6. The summed E-state index contributed by atoms with van der Waals surface area (Å²) >= 11 is 12.0. The Labute approximate surface area is 169 Å². The third kappa shape index (κ3) is 6.83. The van der Waals surface area contributed by atoms with E-state index in [9.17, 15) is 9.59 Å². The summed E-state index contributed by atoms with van der Waals surface area (Å²) in [5, 5.41) is 3.73. The molecule has 3 N–H and O–H groups in total. The van der Waals surface area contributed by atoms with Gasteiger partial charge in [-0.05, 0) is 31.4 Å². The van der Waals surface area contributed by atoms with Gasteiger partial charge in [-0.15, -0.1) is 12.4 Å². The van der Waals surface area contributed by atoms with Crippen molar-refractivity contribution in [3.05, 3.63) is 28.2 Å². The lowest BCUT2D eigenvalue weighted by Gasteiger charge is -2.35. The van der Waals surface area contributed by atoms with Gasteiger partial charge >= 0.3 is 0 Å². The first-order valence-corrected chi connectivity index (χ1v) is 9.11. The van der Waals surface area contributed by atoms with Gasteiger partial charge in [-0.1, -0.05) is 23.2 Å². The van der Waals surface area contributed by atoms with Crippen LogP contribution >= 0.6 is 35.6 Å². The minimum atomic E-state index is -0.131. The highest BCUT2D eigenvalue weighted by Gasteiger charge is 2.27. The monoisotopic (exact) mass is 423 g/mol. The van der Waals surface area contributed by atoms with Crippen LogP contribution in [0.1, 0.15) is 25.7 Å². The zero-order valence-electron chi connectivity index (χ0n) is 14.4. The Balaban J connectivity index is 0.00000338. The maximum atomic E-state index is 12.5. The first kappa shape index (κ1) is 22.8. The molecule has 1 heterocycles. The van der Waals surface area contributed by atoms with E-state index in [-0.39, 0.29) is 43.3 Å². The highest BCUT2D eigenvalue weighted by molar-refractivity contribution is 6.34. The van der Waals surface area contributed by atoms with Gasteiger partial charge in [-0.2, -0.15) is 0 Å². The lowest BCUT2D eigenvalue weighted by Crippen LogP contribution is -2.50. The van der Waals surface area contributed by atoms with Crippen molar-refractivity contribution < 1.29 is 14.3 Å². The molecule has 26 heavy (non-hydrogen) atoms. The molecule has 1 aliphatic heterocycles. The van der Waals surface area contributed by atoms with Gasteiger partial charge in [-0.25, -0.2) is 0 Å². The quantitative estimate of drug-likeness (QED) is 0.705. The van der Waals surface area contributed by atoms with Crippen LogP contribution in [0.5, 0.6) is 5.75 Å². The molecule has 0 bridgehead atoms. The molecule has 146 valence electrons. The molecule has 0 aromatic heterocycles. The summed E-state index contributed by atoms with van der Waals surface area (Å²) < 4.78 is 5.53. The van der Waals surface area contributed by atoms with Gasteiger partial charge in [0.1, 0.15) is 5.75 Å². The number of carbonyl (C=O) groups is 2. The summed E-state index contributed by atoms with van der Waals surface area (Å²) in [6.45, 7) is 1.28. The van der Waals surface area contributed by atoms with E-state index in [1.807, 2.05) is 0 Å². The molecule has 2 amide bonds. The summed E-state index contributed by atoms with van der Waals surface area (Å²) in [6.07, 6.45) is 3.11. The second-order valence-electron chi connectivity index (χ2n) is 5.94. The highest BCUT2D eigenvalue weighted by Crippen LogP contribution is 2.28. The van der Waals surface area contributed by atoms with Crippen LogP contribution in [0.25, 0.3) is 0 Å². The molecule has 6 nitrogen and oxygen atoms in total. The molecule has 1 unspecified atom stereocenters. The summed E-state index contributed by atoms with van der Waals surface area (Å²) in [6, 6.07) is 4.84. The van der Waals surface area contributed by atoms with Crippen LogP contribution < -0.4 is 15.8 Å². The molecule has 1 aromatic carbocycles. The standard InChI is InChI=1S/C17H23Cl2N3O3.ClH/c18-12-4-5-14(19)15(9-12)25-11-17(24)22-8-2-1-3-13(22)10-21-16(23)6-7-20;/h4-5,9,13H,1-3,6-8,10-11,20H2,(H,21,23);1H. The fourth-order valence-electron chi connectivity index (χ4n) is 2.80. The van der Waals surface area contributed by atoms with Crippen LogP contribution in [0, 0.1) is 0 Å². The molecule has 1 aliphatic rings. The van der Waals surface area contributed by atoms with Crippen LogP contribution in [-0.4, -0.2) is 49.0 Å². The Kier molecular flexibility index (Phi) is 10.1. The molecule has 1 aromatic rings. The predicted molar refractivity (Wildman–Crippen MR) is 105 cm³/mol. The first-order valence-electron chi connectivity index (χ1n) is 8.35. The van der Waals surface area contributed by atoms with Crippen LogP contribution in [0.4, 0.5) is 0 Å². The number of ether oxygens (including phenoxy) is 1. The van der Waals surface area contributed by atoms with Crippen molar-refractivity contribution in [3.8, 4) is 5.75 Å². The molecule has 2 rings (SSSR count). The average molecular weight is 425 g/mol. The third-order valence-corrected chi connectivity index (χ3v) is 4.65. The Bertz CT molecular complexity index is 616. The second kappa shape index (κ2) is 11.5. The summed E-state index contributed by atoms with van der Waals surface area (Å²) in [5.41, 5.74) is 5.37. The van der Waals surface area contributed by atoms with Gasteiger partial charge in [0.05, 0.1) is 5.02 Å². The van der Waals surface area contributed by atoms with E-state index in [0.29, 0.717) is 35.4 Å². The number of halogens is 3. The minimum Gasteiger partial charge on any atom is -0.482 e. The van der Waals surface area contributed by atoms with Crippen molar-refractivity contribution in [2.75, 3.05) is 26.2 Å². The van der Waals surface area contributed by atoms with E-state index in [2.05, 4.69) is 5.32 Å². The highest BCUT2D eigenvalue weighted by atomic mass is 35.5. The molecule has 0 spiro atoms. The average Bonchev–Trinajstić information content (AvgIpc) is 2.61. The van der Waals surface area contributed by atoms with Crippen LogP contribution in [-0.2, 0) is 9.59 Å². The summed E-state index contributed by atoms with van der Waals surface area (Å²) in [5.74, 6) is 0.156. The number of nitrogens with one attached hydrogen (secondary N) is 1. The molecule has 0 radical (unpaired) electrons. The van der Waals surface area contributed by atoms with Crippen molar-refractivity contribution in [1.29, 1.82) is 0 Å². The van der Waals surface area contributed by atoms with E-state index in [0.717, 1.165) is 19.3 Å². The van der Waals surface area contributed by atoms with Crippen LogP contribution in [0.15, 0.2) is 18.2 Å². The number of hydrogen-bond acceptors (Lipinski definition) is 4.